The van der Waals surface area contributed by atoms with Crippen molar-refractivity contribution in [2.75, 3.05) is 33.8 Å². The van der Waals surface area contributed by atoms with E-state index in [1.165, 1.54) is 49.6 Å². The van der Waals surface area contributed by atoms with Crippen LogP contribution >= 0.6 is 0 Å². The van der Waals surface area contributed by atoms with Crippen LogP contribution in [0.1, 0.15) is 13.3 Å². The van der Waals surface area contributed by atoms with Gasteiger partial charge in [0, 0.05) is 262 Å². The van der Waals surface area contributed by atoms with Gasteiger partial charge in [-0.1, -0.05) is 17.2 Å². The lowest BCUT2D eigenvalue weighted by Crippen LogP contribution is -2.14. The Morgan fingerprint density at radius 3 is 0.957 bits per heavy atom. The molecule has 12 nitrogen and oxygen atoms in total. The van der Waals surface area contributed by atoms with Crippen LogP contribution in [0.2, 0.25) is 0 Å². The standard InChI is InChI=1S/C3H7NO2.C3H9N.2CH3N3.CH2O2.S13.S12/c5-2-1-4-3-6;1-2-3-4;2*1-3-4-2;2-1-3;1-3-5-7-9-11-13-12-10-8-6-4-2;1-3-5-7-9-11-12-10-8-6-4-2/h3,5H,1-2H2,(H,4,6);2-4H2,1H3;2*1H3;1H,(H,2,3);;. The Kier molecular flexibility index (Phi) is 120. The molecule has 274 valence electrons. The van der Waals surface area contributed by atoms with Crippen LogP contribution in [0.15, 0.2) is 10.2 Å². The van der Waals surface area contributed by atoms with Gasteiger partial charge in [0.05, 0.1) is 6.61 Å². The van der Waals surface area contributed by atoms with Gasteiger partial charge in [0.25, 0.3) is 6.47 Å². The summed E-state index contributed by atoms with van der Waals surface area (Å²) < 4.78 is 0. The number of amides is 1. The van der Waals surface area contributed by atoms with E-state index in [0.717, 1.165) is 13.0 Å². The summed E-state index contributed by atoms with van der Waals surface area (Å²) in [6.45, 7) is 2.99. The number of azide groups is 2. The molecule has 0 heterocycles. The van der Waals surface area contributed by atoms with E-state index in [2.05, 4.69) is 54.7 Å². The van der Waals surface area contributed by atoms with E-state index in [1.54, 1.807) is 151 Å². The fraction of sp³-hybridized carbons (Fsp3) is 0.778. The summed E-state index contributed by atoms with van der Waals surface area (Å²) in [4.78, 5) is 22.4. The number of nitrogens with one attached hydrogen (secondary N) is 1. The van der Waals surface area contributed by atoms with Crippen LogP contribution in [0.3, 0.4) is 0 Å². The van der Waals surface area contributed by atoms with Gasteiger partial charge in [-0.3, -0.25) is 9.59 Å². The van der Waals surface area contributed by atoms with Crippen molar-refractivity contribution >= 4 is 244 Å². The Morgan fingerprint density at radius 2 is 0.870 bits per heavy atom. The van der Waals surface area contributed by atoms with Crippen molar-refractivity contribution in [3.63, 3.8) is 0 Å². The molecule has 46 heavy (non-hydrogen) atoms. The molecular weight excluding hydrogens is 1090 g/mol. The number of carboxylic acid groups (broad SMARTS) is 1. The minimum Gasteiger partial charge on any atom is -0.483 e. The molecule has 0 rings (SSSR count). The molecule has 37 heteroatoms. The van der Waals surface area contributed by atoms with Crippen molar-refractivity contribution in [2.24, 2.45) is 16.0 Å². The largest absolute Gasteiger partial charge is 0.483 e. The summed E-state index contributed by atoms with van der Waals surface area (Å²) in [6, 6.07) is 0. The van der Waals surface area contributed by atoms with Crippen LogP contribution < -0.4 is 11.1 Å². The number of hydrogen-bond acceptors (Lipinski definition) is 10. The monoisotopic (exact) mass is 1110 g/mol. The van der Waals surface area contributed by atoms with Gasteiger partial charge in [-0.2, -0.15) is 0 Å². The molecule has 0 aliphatic heterocycles. The first-order valence-electron chi connectivity index (χ1n) is 9.33. The van der Waals surface area contributed by atoms with Gasteiger partial charge in [-0.25, -0.2) is 0 Å². The summed E-state index contributed by atoms with van der Waals surface area (Å²) in [5.74, 6) is 0. The molecule has 1 amide bonds. The Bertz CT molecular complexity index is 1660. The minimum absolute atomic E-state index is 0.0126. The smallest absolute Gasteiger partial charge is 0.290 e. The average molecular weight is 1110 g/mol. The molecule has 0 aliphatic carbocycles. The first-order chi connectivity index (χ1) is 22.4. The lowest BCUT2D eigenvalue weighted by atomic mass is 10.5. The maximum atomic E-state index is 9.34. The molecule has 0 fully saturated rings. The summed E-state index contributed by atoms with van der Waals surface area (Å²) in [6.07, 6.45) is 1.65. The molecule has 0 aromatic carbocycles. The van der Waals surface area contributed by atoms with Crippen molar-refractivity contribution in [1.29, 1.82) is 0 Å². The Hall–Kier alpha value is 2.98. The van der Waals surface area contributed by atoms with Gasteiger partial charge in [0.15, 0.2) is 0 Å². The van der Waals surface area contributed by atoms with Crippen LogP contribution in [0.25, 0.3) is 20.9 Å². The highest BCUT2D eigenvalue weighted by atomic mass is 33.5. The van der Waals surface area contributed by atoms with Crippen LogP contribution in [0, 0.1) is 0 Å². The molecule has 0 aromatic rings. The van der Waals surface area contributed by atoms with Gasteiger partial charge in [0.2, 0.25) is 6.41 Å². The highest BCUT2D eigenvalue weighted by molar-refractivity contribution is 8.76. The van der Waals surface area contributed by atoms with E-state index in [1.807, 2.05) is 0 Å². The first kappa shape index (κ1) is 64.0. The molecule has 0 atom stereocenters. The number of hydrogen-bond donors (Lipinski definition) is 4. The molecule has 0 aromatic heterocycles. The number of aliphatic hydroxyl groups is 1. The van der Waals surface area contributed by atoms with Crippen LogP contribution in [0.5, 0.6) is 0 Å². The van der Waals surface area contributed by atoms with Crippen LogP contribution in [-0.4, -0.2) is 56.9 Å². The summed E-state index contributed by atoms with van der Waals surface area (Å²) in [5, 5.41) is 23.0. The van der Waals surface area contributed by atoms with E-state index in [9.17, 15) is 4.79 Å². The van der Waals surface area contributed by atoms with Crippen molar-refractivity contribution < 1.29 is 19.8 Å². The number of carbonyl (C=O) groups excluding carboxylic acids is 1. The molecule has 0 saturated heterocycles. The van der Waals surface area contributed by atoms with Gasteiger partial charge in [0.1, 0.15) is 0 Å². The van der Waals surface area contributed by atoms with E-state index >= 15 is 0 Å². The molecule has 0 radical (unpaired) electrons. The molecule has 5 N–H and O–H groups in total. The molecule has 0 unspecified atom stereocenters. The van der Waals surface area contributed by atoms with Gasteiger partial charge < -0.3 is 21.3 Å². The molecule has 0 saturated carbocycles. The topological polar surface area (TPSA) is 210 Å². The quantitative estimate of drug-likeness (QED) is 0.102. The van der Waals surface area contributed by atoms with Crippen molar-refractivity contribution in [3.8, 4) is 0 Å². The molecule has 0 aliphatic rings. The molecule has 0 bridgehead atoms. The van der Waals surface area contributed by atoms with Gasteiger partial charge >= 0.3 is 0 Å². The second-order valence-corrected chi connectivity index (χ2v) is 40.8. The van der Waals surface area contributed by atoms with Crippen molar-refractivity contribution in [3.05, 3.63) is 20.9 Å². The van der Waals surface area contributed by atoms with Crippen molar-refractivity contribution in [1.82, 2.24) is 5.32 Å². The predicted molar refractivity (Wildman–Crippen MR) is 263 cm³/mol. The molecule has 0 spiro atoms. The minimum atomic E-state index is -0.250. The van der Waals surface area contributed by atoms with E-state index < -0.39 is 0 Å². The highest BCUT2D eigenvalue weighted by Gasteiger charge is 1.70. The molecular formula is C9H24N8O4S25. The third-order valence-electron chi connectivity index (χ3n) is 1.33. The van der Waals surface area contributed by atoms with Crippen LogP contribution in [-0.2, 0) is 241 Å². The normalized spacial score (nSPS) is 6.46. The zero-order chi connectivity index (χ0) is 36.6. The summed E-state index contributed by atoms with van der Waals surface area (Å²) >= 11 is 18.8. The zero-order valence-electron chi connectivity index (χ0n) is 22.7. The SMILES string of the molecule is CCCN.CN=[N+]=[N-].CN=[N+]=[N-].O=CNCCO.O=CO.S=S=S=S=S=S=S=S=S=S=S=S.S=S=S=S=S=S=S=S=S=S=S=S=S. The van der Waals surface area contributed by atoms with E-state index in [4.69, 9.17) is 54.2 Å². The number of aliphatic hydroxyl groups excluding tert-OH is 1. The lowest BCUT2D eigenvalue weighted by molar-refractivity contribution is -0.122. The number of nitrogens with zero attached hydrogens (tertiary/aromatic N) is 6. The number of nitrogens with two attached hydrogens (primary N) is 1. The van der Waals surface area contributed by atoms with E-state index in [-0.39, 0.29) is 13.1 Å². The van der Waals surface area contributed by atoms with Gasteiger partial charge in [-0.05, 0) is 24.0 Å². The summed E-state index contributed by atoms with van der Waals surface area (Å²) in [5.41, 5.74) is 19.7. The number of rotatable bonds is 4. The maximum Gasteiger partial charge on any atom is 0.290 e. The third kappa shape index (κ3) is 127. The zero-order valence-corrected chi connectivity index (χ0v) is 43.1. The van der Waals surface area contributed by atoms with Crippen molar-refractivity contribution in [2.45, 2.75) is 13.3 Å². The highest BCUT2D eigenvalue weighted by Crippen LogP contribution is 1.57. The first-order valence-corrected chi connectivity index (χ1v) is 40.0. The Balaban J connectivity index is -0.0000000837. The van der Waals surface area contributed by atoms with Gasteiger partial charge in [-0.15, -0.1) is 0 Å². The van der Waals surface area contributed by atoms with Crippen LogP contribution in [0.4, 0.5) is 0 Å². The summed E-state index contributed by atoms with van der Waals surface area (Å²) in [7, 11) is 37.2. The van der Waals surface area contributed by atoms with E-state index in [0.29, 0.717) is 13.0 Å². The Morgan fingerprint density at radius 1 is 0.674 bits per heavy atom. The maximum absolute atomic E-state index is 9.34. The lowest BCUT2D eigenvalue weighted by Gasteiger charge is -1.85. The third-order valence-corrected chi connectivity index (χ3v) is 43.6. The second kappa shape index (κ2) is 86.5. The average Bonchev–Trinajstić information content (AvgIpc) is 3.09. The fourth-order valence-electron chi connectivity index (χ4n) is 0.316. The predicted octanol–water partition coefficient (Wildman–Crippen LogP) is 0.574. The fourth-order valence-corrected chi connectivity index (χ4v) is 47.0. The number of carbonyl (C=O) groups is 2. The second-order valence-electron chi connectivity index (χ2n) is 3.70. The Labute approximate surface area is 346 Å².